The van der Waals surface area contributed by atoms with Crippen LogP contribution >= 0.6 is 0 Å². The topological polar surface area (TPSA) is 64.8 Å². The maximum Gasteiger partial charge on any atom is 0.223 e. The molecule has 0 spiro atoms. The molecule has 0 aliphatic rings. The number of carbonyl (C=O) groups is 1. The smallest absolute Gasteiger partial charge is 0.223 e. The van der Waals surface area contributed by atoms with Crippen molar-refractivity contribution in [3.8, 4) is 0 Å². The van der Waals surface area contributed by atoms with Gasteiger partial charge in [0, 0.05) is 39.3 Å². The van der Waals surface area contributed by atoms with Gasteiger partial charge in [0.05, 0.1) is 13.2 Å². The van der Waals surface area contributed by atoms with E-state index in [-0.39, 0.29) is 5.91 Å². The zero-order valence-electron chi connectivity index (χ0n) is 32.5. The van der Waals surface area contributed by atoms with Crippen LogP contribution in [0.4, 0.5) is 0 Å². The summed E-state index contributed by atoms with van der Waals surface area (Å²) in [7, 11) is 0. The second-order valence-corrected chi connectivity index (χ2v) is 14.0. The van der Waals surface area contributed by atoms with Gasteiger partial charge in [0.25, 0.3) is 0 Å². The van der Waals surface area contributed by atoms with Gasteiger partial charge in [-0.15, -0.1) is 0 Å². The molecule has 0 aromatic heterocycles. The zero-order valence-corrected chi connectivity index (χ0v) is 32.5. The Morgan fingerprint density at radius 3 is 1.10 bits per heavy atom. The largest absolute Gasteiger partial charge is 0.380 e. The first-order valence-electron chi connectivity index (χ1n) is 21.2. The SMILES string of the molecule is CCCCCCCCC=CCCCCCCCCOCCN(CCOCCCCCCCCC=CCCCCCCCC)C(=O)CCN. The van der Waals surface area contributed by atoms with E-state index in [1.54, 1.807) is 0 Å². The lowest BCUT2D eigenvalue weighted by Gasteiger charge is -2.22. The van der Waals surface area contributed by atoms with Gasteiger partial charge in [-0.1, -0.05) is 154 Å². The molecule has 1 amide bonds. The van der Waals surface area contributed by atoms with Crippen LogP contribution < -0.4 is 5.73 Å². The summed E-state index contributed by atoms with van der Waals surface area (Å²) in [4.78, 5) is 14.4. The van der Waals surface area contributed by atoms with Crippen LogP contribution in [-0.2, 0) is 14.3 Å². The Kier molecular flexibility index (Phi) is 41.0. The van der Waals surface area contributed by atoms with Gasteiger partial charge in [0.15, 0.2) is 0 Å². The van der Waals surface area contributed by atoms with Gasteiger partial charge < -0.3 is 20.1 Å². The predicted molar refractivity (Wildman–Crippen MR) is 211 cm³/mol. The van der Waals surface area contributed by atoms with Crippen molar-refractivity contribution < 1.29 is 14.3 Å². The van der Waals surface area contributed by atoms with Gasteiger partial charge >= 0.3 is 0 Å². The third-order valence-corrected chi connectivity index (χ3v) is 9.32. The molecule has 0 radical (unpaired) electrons. The highest BCUT2D eigenvalue weighted by atomic mass is 16.5. The molecule has 0 aliphatic heterocycles. The van der Waals surface area contributed by atoms with Crippen LogP contribution in [-0.4, -0.2) is 56.9 Å². The molecular weight excluding hydrogens is 592 g/mol. The fourth-order valence-electron chi connectivity index (χ4n) is 6.10. The molecule has 284 valence electrons. The third-order valence-electron chi connectivity index (χ3n) is 9.32. The van der Waals surface area contributed by atoms with E-state index < -0.39 is 0 Å². The Morgan fingerprint density at radius 2 is 0.771 bits per heavy atom. The zero-order chi connectivity index (χ0) is 34.9. The fourth-order valence-corrected chi connectivity index (χ4v) is 6.10. The highest BCUT2D eigenvalue weighted by molar-refractivity contribution is 5.76. The van der Waals surface area contributed by atoms with E-state index >= 15 is 0 Å². The lowest BCUT2D eigenvalue weighted by molar-refractivity contribution is -0.132. The molecule has 0 atom stereocenters. The minimum absolute atomic E-state index is 0.110. The molecule has 48 heavy (non-hydrogen) atoms. The Hall–Kier alpha value is -1.17. The molecule has 5 heteroatoms. The van der Waals surface area contributed by atoms with Crippen molar-refractivity contribution >= 4 is 5.91 Å². The minimum atomic E-state index is 0.110. The van der Waals surface area contributed by atoms with E-state index in [4.69, 9.17) is 15.2 Å². The van der Waals surface area contributed by atoms with Crippen LogP contribution in [0, 0.1) is 0 Å². The number of nitrogens with zero attached hydrogens (tertiary/aromatic N) is 1. The maximum atomic E-state index is 12.5. The quantitative estimate of drug-likeness (QED) is 0.0518. The van der Waals surface area contributed by atoms with E-state index in [2.05, 4.69) is 38.2 Å². The molecule has 0 unspecified atom stereocenters. The number of hydrogen-bond acceptors (Lipinski definition) is 4. The highest BCUT2D eigenvalue weighted by Crippen LogP contribution is 2.12. The standard InChI is InChI=1S/C43H84N2O3/c1-3-5-7-9-11-13-15-17-19-21-23-25-27-29-31-33-39-47-41-37-45(43(46)35-36-44)38-42-48-40-34-32-30-28-26-24-22-20-18-16-14-12-10-8-6-4-2/h17-20H,3-16,21-42,44H2,1-2H3. The van der Waals surface area contributed by atoms with Crippen molar-refractivity contribution in [2.75, 3.05) is 46.1 Å². The molecule has 2 N–H and O–H groups in total. The molecule has 0 rings (SSSR count). The number of nitrogens with two attached hydrogens (primary N) is 1. The van der Waals surface area contributed by atoms with Crippen molar-refractivity contribution in [2.24, 2.45) is 5.73 Å². The molecule has 0 fully saturated rings. The van der Waals surface area contributed by atoms with Crippen molar-refractivity contribution in [2.45, 2.75) is 200 Å². The summed E-state index contributed by atoms with van der Waals surface area (Å²) in [5, 5.41) is 0. The normalized spacial score (nSPS) is 11.8. The average molecular weight is 677 g/mol. The lowest BCUT2D eigenvalue weighted by Crippen LogP contribution is -2.37. The molecule has 0 saturated heterocycles. The molecule has 5 nitrogen and oxygen atoms in total. The van der Waals surface area contributed by atoms with Crippen LogP contribution in [0.15, 0.2) is 24.3 Å². The molecule has 0 heterocycles. The number of rotatable bonds is 40. The van der Waals surface area contributed by atoms with Gasteiger partial charge in [-0.25, -0.2) is 0 Å². The van der Waals surface area contributed by atoms with Gasteiger partial charge in [-0.3, -0.25) is 4.79 Å². The summed E-state index contributed by atoms with van der Waals surface area (Å²) in [6.07, 6.45) is 46.8. The first-order chi connectivity index (χ1) is 23.8. The first-order valence-corrected chi connectivity index (χ1v) is 21.2. The molecular formula is C43H84N2O3. The van der Waals surface area contributed by atoms with E-state index in [0.717, 1.165) is 26.1 Å². The summed E-state index contributed by atoms with van der Waals surface area (Å²) in [5.41, 5.74) is 5.66. The van der Waals surface area contributed by atoms with Crippen LogP contribution in [0.1, 0.15) is 200 Å². The number of amides is 1. The number of carbonyl (C=O) groups excluding carboxylic acids is 1. The summed E-state index contributed by atoms with van der Waals surface area (Å²) in [6, 6.07) is 0. The molecule has 0 saturated carbocycles. The van der Waals surface area contributed by atoms with Crippen LogP contribution in [0.5, 0.6) is 0 Å². The van der Waals surface area contributed by atoms with Crippen LogP contribution in [0.3, 0.4) is 0 Å². The van der Waals surface area contributed by atoms with E-state index in [0.29, 0.717) is 39.3 Å². The Labute approximate surface area is 300 Å². The monoisotopic (exact) mass is 677 g/mol. The van der Waals surface area contributed by atoms with Gasteiger partial charge in [0.1, 0.15) is 0 Å². The number of allylic oxidation sites excluding steroid dienone is 4. The second-order valence-electron chi connectivity index (χ2n) is 14.0. The molecule has 0 aliphatic carbocycles. The maximum absolute atomic E-state index is 12.5. The number of unbranched alkanes of at least 4 members (excludes halogenated alkanes) is 24. The Balaban J connectivity index is 3.60. The summed E-state index contributed by atoms with van der Waals surface area (Å²) < 4.78 is 11.8. The van der Waals surface area contributed by atoms with Crippen molar-refractivity contribution in [1.82, 2.24) is 4.90 Å². The first kappa shape index (κ1) is 46.8. The molecule has 0 aromatic carbocycles. The summed E-state index contributed by atoms with van der Waals surface area (Å²) in [6.45, 7) is 8.96. The molecule has 0 bridgehead atoms. The van der Waals surface area contributed by atoms with Gasteiger partial charge in [-0.05, 0) is 64.2 Å². The number of ether oxygens (including phenoxy) is 2. The lowest BCUT2D eigenvalue weighted by atomic mass is 10.1. The van der Waals surface area contributed by atoms with E-state index in [1.165, 1.54) is 167 Å². The molecule has 0 aromatic rings. The van der Waals surface area contributed by atoms with Crippen LogP contribution in [0.2, 0.25) is 0 Å². The minimum Gasteiger partial charge on any atom is -0.380 e. The Morgan fingerprint density at radius 1 is 0.458 bits per heavy atom. The van der Waals surface area contributed by atoms with Crippen molar-refractivity contribution in [3.63, 3.8) is 0 Å². The van der Waals surface area contributed by atoms with E-state index in [9.17, 15) is 4.79 Å². The highest BCUT2D eigenvalue weighted by Gasteiger charge is 2.12. The second kappa shape index (κ2) is 42.0. The number of hydrogen-bond donors (Lipinski definition) is 1. The van der Waals surface area contributed by atoms with Crippen LogP contribution in [0.25, 0.3) is 0 Å². The van der Waals surface area contributed by atoms with Crippen molar-refractivity contribution in [1.29, 1.82) is 0 Å². The van der Waals surface area contributed by atoms with Crippen molar-refractivity contribution in [3.05, 3.63) is 24.3 Å². The van der Waals surface area contributed by atoms with Gasteiger partial charge in [0.2, 0.25) is 5.91 Å². The fraction of sp³-hybridized carbons (Fsp3) is 0.884. The Bertz CT molecular complexity index is 633. The average Bonchev–Trinajstić information content (AvgIpc) is 3.09. The predicted octanol–water partition coefficient (Wildman–Crippen LogP) is 12.3. The van der Waals surface area contributed by atoms with E-state index in [1.807, 2.05) is 4.90 Å². The summed E-state index contributed by atoms with van der Waals surface area (Å²) >= 11 is 0. The summed E-state index contributed by atoms with van der Waals surface area (Å²) in [5.74, 6) is 0.110. The van der Waals surface area contributed by atoms with Gasteiger partial charge in [-0.2, -0.15) is 0 Å². The third kappa shape index (κ3) is 37.6.